The summed E-state index contributed by atoms with van der Waals surface area (Å²) in [7, 11) is 3.39. The van der Waals surface area contributed by atoms with Crippen molar-refractivity contribution in [2.75, 3.05) is 43.6 Å². The van der Waals surface area contributed by atoms with Crippen LogP contribution in [0.5, 0.6) is 5.75 Å². The molecule has 0 aromatic heterocycles. The van der Waals surface area contributed by atoms with E-state index >= 15 is 0 Å². The number of hydrogen-bond acceptors (Lipinski definition) is 6. The molecule has 0 radical (unpaired) electrons. The molecule has 1 atom stereocenters. The molecule has 0 amide bonds. The van der Waals surface area contributed by atoms with Crippen LogP contribution in [0.15, 0.2) is 60.7 Å². The SMILES string of the molecule is CON(C)CC(C=O)Oc1ccccc1[CH]=[Ru-4]([I])([I])=[C]1N(c2c(C(C)C)cccc2C(C)C)CCN1c1c(C(C)C)cccc1C(C)C. The van der Waals surface area contributed by atoms with Crippen LogP contribution >= 0.6 is 39.5 Å². The van der Waals surface area contributed by atoms with Crippen molar-refractivity contribution in [3.63, 3.8) is 0 Å². The van der Waals surface area contributed by atoms with Gasteiger partial charge < -0.3 is 0 Å². The molecule has 0 saturated carbocycles. The molecule has 1 fully saturated rings. The van der Waals surface area contributed by atoms with Crippen LogP contribution in [0.25, 0.3) is 0 Å². The van der Waals surface area contributed by atoms with Gasteiger partial charge in [0.1, 0.15) is 0 Å². The first-order chi connectivity index (χ1) is 22.7. The number of benzene rings is 3. The number of hydrogen-bond donors (Lipinski definition) is 0. The van der Waals surface area contributed by atoms with Gasteiger partial charge in [-0.25, -0.2) is 0 Å². The van der Waals surface area contributed by atoms with Gasteiger partial charge in [-0.1, -0.05) is 0 Å². The van der Waals surface area contributed by atoms with Crippen molar-refractivity contribution in [3.8, 4) is 5.75 Å². The molecule has 3 aromatic rings. The van der Waals surface area contributed by atoms with E-state index in [0.717, 1.165) is 24.9 Å². The van der Waals surface area contributed by atoms with Gasteiger partial charge >= 0.3 is 315 Å². The maximum atomic E-state index is 12.1. The molecule has 9 heteroatoms. The van der Waals surface area contributed by atoms with Crippen LogP contribution in [0, 0.1) is 0 Å². The van der Waals surface area contributed by atoms with Gasteiger partial charge in [-0.05, 0) is 0 Å². The van der Waals surface area contributed by atoms with Crippen molar-refractivity contribution >= 4 is 66.1 Å². The van der Waals surface area contributed by atoms with Crippen molar-refractivity contribution in [1.82, 2.24) is 5.06 Å². The Hall–Kier alpha value is -1.53. The van der Waals surface area contributed by atoms with Crippen LogP contribution < -0.4 is 14.5 Å². The molecule has 1 heterocycles. The zero-order chi connectivity index (χ0) is 35.3. The number of para-hydroxylation sites is 3. The standard InChI is InChI=1S/C27H38N2.C12H15NO3.2HI.Ru/c1-18(2)22-11-9-12-23(19(3)4)26(22)28-15-16-29(17-28)27-24(20(5)6)13-10-14-25(27)21(7)8;1-10-6-4-5-7-12(10)16-11(9-14)8-13(2)15-3;;;/h9-14,18-21H,15-16H2,1-8H3;1,4-7,9,11H,8H2,2-3H3;2*1H;/q;;;;-2/p-2. The van der Waals surface area contributed by atoms with Crippen molar-refractivity contribution in [2.45, 2.75) is 85.2 Å². The molecule has 0 spiro atoms. The molecule has 268 valence electrons. The molecule has 1 unspecified atom stereocenters. The van der Waals surface area contributed by atoms with E-state index in [2.05, 4.69) is 158 Å². The molecule has 0 N–H and O–H groups in total. The summed E-state index contributed by atoms with van der Waals surface area (Å²) in [6, 6.07) is 21.9. The molecular weight excluding hydrogens is 913 g/mol. The number of hydroxylamine groups is 2. The summed E-state index contributed by atoms with van der Waals surface area (Å²) in [6.07, 6.45) is 0.202. The first-order valence-corrected chi connectivity index (χ1v) is 29.0. The molecule has 48 heavy (non-hydrogen) atoms. The number of likely N-dealkylation sites (N-methyl/N-ethyl adjacent to an activating group) is 1. The zero-order valence-corrected chi connectivity index (χ0v) is 36.2. The van der Waals surface area contributed by atoms with Gasteiger partial charge in [0, 0.05) is 0 Å². The van der Waals surface area contributed by atoms with Gasteiger partial charge in [-0.15, -0.1) is 0 Å². The first kappa shape index (κ1) is 39.3. The van der Waals surface area contributed by atoms with E-state index in [1.54, 1.807) is 19.2 Å². The Morgan fingerprint density at radius 2 is 1.19 bits per heavy atom. The third-order valence-electron chi connectivity index (χ3n) is 8.75. The fraction of sp³-hybridized carbons (Fsp3) is 0.462. The molecule has 6 nitrogen and oxygen atoms in total. The number of ether oxygens (including phenoxy) is 1. The number of rotatable bonds is 13. The number of anilines is 2. The molecule has 3 aromatic carbocycles. The number of aldehydes is 1. The van der Waals surface area contributed by atoms with Gasteiger partial charge in [0.2, 0.25) is 0 Å². The fourth-order valence-corrected chi connectivity index (χ4v) is 17.3. The fourth-order valence-electron chi connectivity index (χ4n) is 6.28. The zero-order valence-electron chi connectivity index (χ0n) is 30.1. The van der Waals surface area contributed by atoms with Crippen LogP contribution in [-0.4, -0.2) is 60.2 Å². The van der Waals surface area contributed by atoms with Crippen LogP contribution in [0.3, 0.4) is 0 Å². The number of carbonyl (C=O) groups is 1. The normalized spacial score (nSPS) is 15.0. The summed E-state index contributed by atoms with van der Waals surface area (Å²) < 4.78 is 10.2. The summed E-state index contributed by atoms with van der Waals surface area (Å²) in [5.74, 6) is 2.25. The van der Waals surface area contributed by atoms with Crippen LogP contribution in [0.1, 0.15) is 107 Å². The maximum absolute atomic E-state index is 12.1. The Labute approximate surface area is 312 Å². The molecule has 1 aliphatic rings. The third kappa shape index (κ3) is 8.85. The Morgan fingerprint density at radius 1 is 0.750 bits per heavy atom. The Bertz CT molecular complexity index is 1580. The number of nitrogens with zero attached hydrogens (tertiary/aromatic N) is 3. The van der Waals surface area contributed by atoms with E-state index in [1.807, 2.05) is 12.1 Å². The predicted molar refractivity (Wildman–Crippen MR) is 219 cm³/mol. The van der Waals surface area contributed by atoms with Crippen LogP contribution in [0.4, 0.5) is 11.4 Å². The topological polar surface area (TPSA) is 45.2 Å². The summed E-state index contributed by atoms with van der Waals surface area (Å²) in [5, 5.41) is 1.62. The van der Waals surface area contributed by atoms with Crippen molar-refractivity contribution < 1.29 is 21.2 Å². The van der Waals surface area contributed by atoms with E-state index in [1.165, 1.54) is 38.0 Å². The second-order valence-electron chi connectivity index (χ2n) is 13.6. The van der Waals surface area contributed by atoms with E-state index in [-0.39, 0.29) is 0 Å². The van der Waals surface area contributed by atoms with Gasteiger partial charge in [-0.3, -0.25) is 0 Å². The van der Waals surface area contributed by atoms with Gasteiger partial charge in [0.15, 0.2) is 0 Å². The van der Waals surface area contributed by atoms with Gasteiger partial charge in [-0.2, -0.15) is 0 Å². The second-order valence-corrected chi connectivity index (χ2v) is 39.9. The Balaban J connectivity index is 2.08. The molecule has 0 bridgehead atoms. The van der Waals surface area contributed by atoms with E-state index in [9.17, 15) is 4.79 Å². The predicted octanol–water partition coefficient (Wildman–Crippen LogP) is 9.74. The Morgan fingerprint density at radius 3 is 1.58 bits per heavy atom. The average Bonchev–Trinajstić information content (AvgIpc) is 3.50. The van der Waals surface area contributed by atoms with E-state index in [0.29, 0.717) is 36.0 Å². The molecule has 0 aliphatic carbocycles. The summed E-state index contributed by atoms with van der Waals surface area (Å²) >= 11 is 5.59. The van der Waals surface area contributed by atoms with Crippen molar-refractivity contribution in [1.29, 1.82) is 0 Å². The van der Waals surface area contributed by atoms with Crippen molar-refractivity contribution in [3.05, 3.63) is 88.5 Å². The minimum atomic E-state index is -2.93. The number of carbonyl (C=O) groups excluding carboxylic acids is 1. The minimum absolute atomic E-state index is 0.334. The second kappa shape index (κ2) is 17.1. The number of halogens is 2. The summed E-state index contributed by atoms with van der Waals surface area (Å²) in [6.45, 7) is 17.7. The average molecular weight is 967 g/mol. The summed E-state index contributed by atoms with van der Waals surface area (Å²) in [4.78, 5) is 22.7. The monoisotopic (exact) mass is 967 g/mol. The molecule has 4 rings (SSSR count). The van der Waals surface area contributed by atoms with Crippen LogP contribution in [-0.2, 0) is 16.5 Å². The Kier molecular flexibility index (Phi) is 14.0. The van der Waals surface area contributed by atoms with Crippen molar-refractivity contribution in [2.24, 2.45) is 0 Å². The quantitative estimate of drug-likeness (QED) is 0.0737. The summed E-state index contributed by atoms with van der Waals surface area (Å²) in [5.41, 5.74) is 9.33. The third-order valence-corrected chi connectivity index (χ3v) is 18.5. The van der Waals surface area contributed by atoms with E-state index in [4.69, 9.17) is 9.57 Å². The van der Waals surface area contributed by atoms with Gasteiger partial charge in [0.05, 0.1) is 0 Å². The molecule has 1 aliphatic heterocycles. The first-order valence-electron chi connectivity index (χ1n) is 16.8. The molecular formula is C39H53I2N3O3Ru-4. The van der Waals surface area contributed by atoms with E-state index < -0.39 is 12.9 Å². The molecule has 1 saturated heterocycles. The van der Waals surface area contributed by atoms with Crippen LogP contribution in [0.2, 0.25) is 0 Å². The van der Waals surface area contributed by atoms with Gasteiger partial charge in [0.25, 0.3) is 0 Å².